The van der Waals surface area contributed by atoms with Gasteiger partial charge in [-0.25, -0.2) is 13.6 Å². The number of ether oxygens (including phenoxy) is 1. The quantitative estimate of drug-likeness (QED) is 0.803. The van der Waals surface area contributed by atoms with Crippen molar-refractivity contribution < 1.29 is 23.0 Å². The molecule has 1 N–H and O–H groups in total. The second kappa shape index (κ2) is 5.56. The topological polar surface area (TPSA) is 77.5 Å². The van der Waals surface area contributed by atoms with Gasteiger partial charge in [-0.05, 0) is 42.8 Å². The molecule has 0 spiro atoms. The predicted octanol–water partition coefficient (Wildman–Crippen LogP) is 2.91. The van der Waals surface area contributed by atoms with Crippen LogP contribution in [-0.2, 0) is 0 Å². The molecule has 1 heterocycles. The summed E-state index contributed by atoms with van der Waals surface area (Å²) >= 11 is 0. The van der Waals surface area contributed by atoms with Crippen molar-refractivity contribution in [2.75, 3.05) is 0 Å². The third-order valence-corrected chi connectivity index (χ3v) is 3.05. The Labute approximate surface area is 128 Å². The van der Waals surface area contributed by atoms with Gasteiger partial charge in [-0.3, -0.25) is 0 Å². The van der Waals surface area contributed by atoms with Crippen molar-refractivity contribution in [1.82, 2.24) is 9.78 Å². The molecule has 3 rings (SSSR count). The molecular formula is C15H10F2N2O4. The third-order valence-electron chi connectivity index (χ3n) is 3.05. The van der Waals surface area contributed by atoms with Crippen LogP contribution < -0.4 is 10.5 Å². The summed E-state index contributed by atoms with van der Waals surface area (Å²) in [5.41, 5.74) is 0.868. The first-order valence-electron chi connectivity index (χ1n) is 6.47. The molecule has 0 fully saturated rings. The van der Waals surface area contributed by atoms with Crippen molar-refractivity contribution in [3.05, 3.63) is 64.1 Å². The Hall–Kier alpha value is -3.16. The maximum Gasteiger partial charge on any atom is 0.444 e. The van der Waals surface area contributed by atoms with Crippen molar-refractivity contribution in [3.8, 4) is 23.3 Å². The Bertz CT molecular complexity index is 933. The van der Waals surface area contributed by atoms with Gasteiger partial charge in [0.15, 0.2) is 11.6 Å². The van der Waals surface area contributed by atoms with Crippen molar-refractivity contribution in [2.45, 2.75) is 6.92 Å². The Morgan fingerprint density at radius 3 is 2.70 bits per heavy atom. The highest BCUT2D eigenvalue weighted by Gasteiger charge is 2.15. The molecule has 0 radical (unpaired) electrons. The van der Waals surface area contributed by atoms with Gasteiger partial charge in [-0.15, -0.1) is 0 Å². The molecule has 0 aliphatic heterocycles. The molecule has 118 valence electrons. The van der Waals surface area contributed by atoms with E-state index < -0.39 is 23.5 Å². The fourth-order valence-electron chi connectivity index (χ4n) is 1.89. The van der Waals surface area contributed by atoms with E-state index in [0.29, 0.717) is 17.3 Å². The molecule has 3 aromatic rings. The minimum atomic E-state index is -0.956. The number of aryl methyl sites for hydroxylation is 1. The largest absolute Gasteiger partial charge is 0.508 e. The zero-order valence-electron chi connectivity index (χ0n) is 11.8. The summed E-state index contributed by atoms with van der Waals surface area (Å²) in [5.74, 6) is -2.84. The van der Waals surface area contributed by atoms with Gasteiger partial charge < -0.3 is 14.3 Å². The van der Waals surface area contributed by atoms with Crippen LogP contribution in [0.1, 0.15) is 5.56 Å². The molecule has 8 heteroatoms. The number of phenolic OH excluding ortho intramolecular Hbond substituents is 1. The van der Waals surface area contributed by atoms with Crippen molar-refractivity contribution in [1.29, 1.82) is 0 Å². The molecule has 23 heavy (non-hydrogen) atoms. The molecule has 1 aromatic heterocycles. The summed E-state index contributed by atoms with van der Waals surface area (Å²) in [6.45, 7) is 1.65. The van der Waals surface area contributed by atoms with E-state index in [1.807, 2.05) is 0 Å². The fourth-order valence-corrected chi connectivity index (χ4v) is 1.89. The van der Waals surface area contributed by atoms with Crippen LogP contribution in [-0.4, -0.2) is 14.9 Å². The van der Waals surface area contributed by atoms with E-state index in [-0.39, 0.29) is 11.5 Å². The highest BCUT2D eigenvalue weighted by Crippen LogP contribution is 2.24. The van der Waals surface area contributed by atoms with Crippen LogP contribution in [0.4, 0.5) is 8.78 Å². The summed E-state index contributed by atoms with van der Waals surface area (Å²) in [6, 6.07) is 7.04. The Morgan fingerprint density at radius 1 is 1.22 bits per heavy atom. The standard InChI is InChI=1S/C15H10F2N2O4/c1-8-6-10(3-4-12(8)20)19-15(21)23-14(18-19)22-13-5-2-9(16)7-11(13)17/h2-7,20H,1H3. The molecule has 6 nitrogen and oxygen atoms in total. The third kappa shape index (κ3) is 2.91. The summed E-state index contributed by atoms with van der Waals surface area (Å²) in [5, 5.41) is 13.3. The number of phenols is 1. The first-order chi connectivity index (χ1) is 10.9. The van der Waals surface area contributed by atoms with Crippen LogP contribution in [0, 0.1) is 18.6 Å². The molecule has 0 saturated heterocycles. The van der Waals surface area contributed by atoms with Crippen LogP contribution in [0.25, 0.3) is 5.69 Å². The first kappa shape index (κ1) is 14.8. The molecular weight excluding hydrogens is 310 g/mol. The number of benzene rings is 2. The van der Waals surface area contributed by atoms with E-state index in [4.69, 9.17) is 9.15 Å². The monoisotopic (exact) mass is 320 g/mol. The second-order valence-corrected chi connectivity index (χ2v) is 4.69. The van der Waals surface area contributed by atoms with Gasteiger partial charge in [0.2, 0.25) is 0 Å². The van der Waals surface area contributed by atoms with Crippen LogP contribution in [0.3, 0.4) is 0 Å². The van der Waals surface area contributed by atoms with Crippen LogP contribution in [0.2, 0.25) is 0 Å². The normalized spacial score (nSPS) is 10.7. The minimum absolute atomic E-state index is 0.0650. The van der Waals surface area contributed by atoms with Gasteiger partial charge in [0.25, 0.3) is 0 Å². The summed E-state index contributed by atoms with van der Waals surface area (Å²) in [6.07, 6.45) is -0.494. The first-order valence-corrected chi connectivity index (χ1v) is 6.47. The number of halogens is 2. The SMILES string of the molecule is Cc1cc(-n2nc(Oc3ccc(F)cc3F)oc2=O)ccc1O. The zero-order chi connectivity index (χ0) is 16.6. The highest BCUT2D eigenvalue weighted by atomic mass is 19.1. The summed E-state index contributed by atoms with van der Waals surface area (Å²) in [7, 11) is 0. The van der Waals surface area contributed by atoms with E-state index in [9.17, 15) is 18.7 Å². The lowest BCUT2D eigenvalue weighted by Gasteiger charge is -2.02. The van der Waals surface area contributed by atoms with Crippen molar-refractivity contribution in [2.24, 2.45) is 0 Å². The number of aromatic hydroxyl groups is 1. The molecule has 2 aromatic carbocycles. The van der Waals surface area contributed by atoms with Crippen LogP contribution in [0.15, 0.2) is 45.6 Å². The van der Waals surface area contributed by atoms with Gasteiger partial charge in [-0.1, -0.05) is 5.10 Å². The van der Waals surface area contributed by atoms with E-state index in [1.54, 1.807) is 6.92 Å². The van der Waals surface area contributed by atoms with Gasteiger partial charge >= 0.3 is 11.8 Å². The average Bonchev–Trinajstić information content (AvgIpc) is 2.86. The van der Waals surface area contributed by atoms with Gasteiger partial charge in [-0.2, -0.15) is 4.68 Å². The number of nitrogens with zero attached hydrogens (tertiary/aromatic N) is 2. The number of hydrogen-bond acceptors (Lipinski definition) is 5. The van der Waals surface area contributed by atoms with Gasteiger partial charge in [0.05, 0.1) is 5.69 Å². The Balaban J connectivity index is 1.94. The fraction of sp³-hybridized carbons (Fsp3) is 0.0667. The smallest absolute Gasteiger partial charge is 0.444 e. The minimum Gasteiger partial charge on any atom is -0.508 e. The molecule has 0 unspecified atom stereocenters. The van der Waals surface area contributed by atoms with Crippen LogP contribution >= 0.6 is 0 Å². The van der Waals surface area contributed by atoms with E-state index >= 15 is 0 Å². The Morgan fingerprint density at radius 2 is 2.00 bits per heavy atom. The van der Waals surface area contributed by atoms with Crippen molar-refractivity contribution >= 4 is 0 Å². The van der Waals surface area contributed by atoms with Gasteiger partial charge in [0.1, 0.15) is 11.6 Å². The zero-order valence-corrected chi connectivity index (χ0v) is 11.8. The predicted molar refractivity (Wildman–Crippen MR) is 74.9 cm³/mol. The molecule has 0 aliphatic carbocycles. The molecule has 0 aliphatic rings. The molecule has 0 bridgehead atoms. The van der Waals surface area contributed by atoms with Gasteiger partial charge in [0, 0.05) is 6.07 Å². The lowest BCUT2D eigenvalue weighted by atomic mass is 10.2. The number of hydrogen-bond donors (Lipinski definition) is 1. The average molecular weight is 320 g/mol. The van der Waals surface area contributed by atoms with E-state index in [0.717, 1.165) is 16.8 Å². The maximum atomic E-state index is 13.5. The molecule has 0 amide bonds. The maximum absolute atomic E-state index is 13.5. The summed E-state index contributed by atoms with van der Waals surface area (Å²) < 4.78 is 37.0. The second-order valence-electron chi connectivity index (χ2n) is 4.69. The molecule has 0 saturated carbocycles. The number of rotatable bonds is 3. The highest BCUT2D eigenvalue weighted by molar-refractivity contribution is 5.42. The summed E-state index contributed by atoms with van der Waals surface area (Å²) in [4.78, 5) is 11.8. The number of aromatic nitrogens is 2. The lowest BCUT2D eigenvalue weighted by Crippen LogP contribution is -2.13. The van der Waals surface area contributed by atoms with Crippen LogP contribution in [0.5, 0.6) is 17.6 Å². The van der Waals surface area contributed by atoms with Crippen molar-refractivity contribution in [3.63, 3.8) is 0 Å². The lowest BCUT2D eigenvalue weighted by molar-refractivity contribution is 0.308. The van der Waals surface area contributed by atoms with E-state index in [2.05, 4.69) is 5.10 Å². The van der Waals surface area contributed by atoms with E-state index in [1.165, 1.54) is 18.2 Å². The molecule has 0 atom stereocenters. The Kier molecular flexibility index (Phi) is 3.57.